The first-order valence-corrected chi connectivity index (χ1v) is 8.46. The summed E-state index contributed by atoms with van der Waals surface area (Å²) in [5, 5.41) is 8.91. The molecule has 2 aromatic rings. The van der Waals surface area contributed by atoms with E-state index in [1.165, 1.54) is 6.08 Å². The summed E-state index contributed by atoms with van der Waals surface area (Å²) in [6.45, 7) is 5.20. The zero-order valence-electron chi connectivity index (χ0n) is 14.2. The molecule has 128 valence electrons. The van der Waals surface area contributed by atoms with Gasteiger partial charge in [0.2, 0.25) is 5.91 Å². The lowest BCUT2D eigenvalue weighted by Gasteiger charge is -2.43. The van der Waals surface area contributed by atoms with Crippen LogP contribution in [-0.4, -0.2) is 40.7 Å². The Hall–Kier alpha value is -3.39. The minimum Gasteiger partial charge on any atom is -0.335 e. The summed E-state index contributed by atoms with van der Waals surface area (Å²) in [7, 11) is 0. The molecule has 0 atom stereocenters. The topological polar surface area (TPSA) is 64.4 Å². The Morgan fingerprint density at radius 2 is 1.85 bits per heavy atom. The van der Waals surface area contributed by atoms with Crippen molar-refractivity contribution in [2.45, 2.75) is 12.6 Å². The number of nitrogens with zero attached hydrogens (tertiary/aromatic N) is 3. The van der Waals surface area contributed by atoms with Crippen LogP contribution in [0.25, 0.3) is 11.1 Å². The van der Waals surface area contributed by atoms with Crippen LogP contribution in [0.1, 0.15) is 21.5 Å². The monoisotopic (exact) mass is 343 g/mol. The molecular weight excluding hydrogens is 326 g/mol. The van der Waals surface area contributed by atoms with Crippen molar-refractivity contribution in [3.63, 3.8) is 0 Å². The lowest BCUT2D eigenvalue weighted by Crippen LogP contribution is -2.60. The summed E-state index contributed by atoms with van der Waals surface area (Å²) in [4.78, 5) is 27.9. The molecule has 5 heteroatoms. The van der Waals surface area contributed by atoms with Crippen molar-refractivity contribution in [2.75, 3.05) is 13.1 Å². The number of fused-ring (bicyclic) bond motifs is 1. The van der Waals surface area contributed by atoms with E-state index in [1.54, 1.807) is 17.0 Å². The molecule has 0 radical (unpaired) electrons. The molecule has 0 N–H and O–H groups in total. The van der Waals surface area contributed by atoms with Gasteiger partial charge in [-0.2, -0.15) is 5.26 Å². The van der Waals surface area contributed by atoms with Crippen LogP contribution in [0.4, 0.5) is 0 Å². The lowest BCUT2D eigenvalue weighted by atomic mass is 9.99. The minimum absolute atomic E-state index is 0.0196. The quantitative estimate of drug-likeness (QED) is 0.805. The van der Waals surface area contributed by atoms with Gasteiger partial charge in [-0.25, -0.2) is 0 Å². The number of amides is 2. The number of likely N-dealkylation sites (tertiary alicyclic amines) is 1. The number of benzene rings is 2. The lowest BCUT2D eigenvalue weighted by molar-refractivity contribution is -0.132. The van der Waals surface area contributed by atoms with Gasteiger partial charge < -0.3 is 9.80 Å². The van der Waals surface area contributed by atoms with Gasteiger partial charge in [-0.05, 0) is 41.0 Å². The molecule has 0 unspecified atom stereocenters. The summed E-state index contributed by atoms with van der Waals surface area (Å²) in [6.07, 6.45) is 1.31. The van der Waals surface area contributed by atoms with E-state index in [4.69, 9.17) is 5.26 Å². The number of hydrogen-bond donors (Lipinski definition) is 0. The molecule has 0 aromatic heterocycles. The Morgan fingerprint density at radius 1 is 1.15 bits per heavy atom. The molecule has 0 bridgehead atoms. The first-order valence-electron chi connectivity index (χ1n) is 8.46. The zero-order valence-corrected chi connectivity index (χ0v) is 14.2. The molecule has 0 saturated carbocycles. The maximum atomic E-state index is 12.8. The van der Waals surface area contributed by atoms with Crippen LogP contribution < -0.4 is 0 Å². The first kappa shape index (κ1) is 16.1. The van der Waals surface area contributed by atoms with E-state index >= 15 is 0 Å². The fraction of sp³-hybridized carbons (Fsp3) is 0.190. The number of nitriles is 1. The van der Waals surface area contributed by atoms with Crippen molar-refractivity contribution in [3.8, 4) is 17.2 Å². The van der Waals surface area contributed by atoms with Crippen LogP contribution >= 0.6 is 0 Å². The molecule has 0 spiro atoms. The van der Waals surface area contributed by atoms with E-state index in [1.807, 2.05) is 35.2 Å². The minimum atomic E-state index is -0.0893. The first-order chi connectivity index (χ1) is 12.6. The van der Waals surface area contributed by atoms with Crippen LogP contribution in [0, 0.1) is 11.3 Å². The van der Waals surface area contributed by atoms with Gasteiger partial charge in [0.25, 0.3) is 5.91 Å². The van der Waals surface area contributed by atoms with E-state index < -0.39 is 0 Å². The van der Waals surface area contributed by atoms with Gasteiger partial charge in [0.05, 0.1) is 17.7 Å². The molecule has 1 saturated heterocycles. The Bertz CT molecular complexity index is 950. The third kappa shape index (κ3) is 2.56. The third-order valence-electron chi connectivity index (χ3n) is 5.08. The van der Waals surface area contributed by atoms with Gasteiger partial charge in [0, 0.05) is 25.2 Å². The zero-order chi connectivity index (χ0) is 18.3. The van der Waals surface area contributed by atoms with E-state index in [2.05, 4.69) is 12.6 Å². The highest BCUT2D eigenvalue weighted by Crippen LogP contribution is 2.31. The Balaban J connectivity index is 1.53. The molecule has 2 aromatic carbocycles. The van der Waals surface area contributed by atoms with Crippen LogP contribution in [-0.2, 0) is 11.3 Å². The molecule has 0 aliphatic carbocycles. The predicted octanol–water partition coefficient (Wildman–Crippen LogP) is 2.58. The van der Waals surface area contributed by atoms with Crippen molar-refractivity contribution in [1.82, 2.24) is 9.80 Å². The fourth-order valence-electron chi connectivity index (χ4n) is 3.50. The van der Waals surface area contributed by atoms with Crippen LogP contribution in [0.3, 0.4) is 0 Å². The Labute approximate surface area is 151 Å². The second-order valence-electron chi connectivity index (χ2n) is 6.60. The van der Waals surface area contributed by atoms with E-state index in [-0.39, 0.29) is 17.9 Å². The largest absolute Gasteiger partial charge is 0.335 e. The number of carbonyl (C=O) groups excluding carboxylic acids is 2. The normalized spacial score (nSPS) is 16.0. The molecular formula is C21H17N3O2. The highest BCUT2D eigenvalue weighted by atomic mass is 16.2. The van der Waals surface area contributed by atoms with E-state index in [0.717, 1.165) is 22.3 Å². The summed E-state index contributed by atoms with van der Waals surface area (Å²) in [5.41, 5.74) is 4.28. The highest BCUT2D eigenvalue weighted by Gasteiger charge is 2.40. The number of rotatable bonds is 3. The van der Waals surface area contributed by atoms with Gasteiger partial charge in [-0.1, -0.05) is 30.8 Å². The standard InChI is InChI=1S/C21H17N3O2/c1-2-20(25)23-12-18(13-23)24-11-17-8-7-16(9-19(17)21(24)26)15-5-3-14(10-22)4-6-15/h2-9,18H,1,11-13H2. The molecule has 2 amide bonds. The molecule has 2 heterocycles. The van der Waals surface area contributed by atoms with Crippen molar-refractivity contribution in [1.29, 1.82) is 5.26 Å². The van der Waals surface area contributed by atoms with Gasteiger partial charge >= 0.3 is 0 Å². The summed E-state index contributed by atoms with van der Waals surface area (Å²) < 4.78 is 0. The molecule has 2 aliphatic rings. The van der Waals surface area contributed by atoms with Crippen molar-refractivity contribution in [2.24, 2.45) is 0 Å². The van der Waals surface area contributed by atoms with Crippen molar-refractivity contribution >= 4 is 11.8 Å². The van der Waals surface area contributed by atoms with Gasteiger partial charge in [-0.15, -0.1) is 0 Å². The second-order valence-corrected chi connectivity index (χ2v) is 6.60. The van der Waals surface area contributed by atoms with Gasteiger partial charge in [0.1, 0.15) is 0 Å². The number of carbonyl (C=O) groups is 2. The summed E-state index contributed by atoms with van der Waals surface area (Å²) in [6, 6.07) is 15.4. The van der Waals surface area contributed by atoms with Crippen LogP contribution in [0.5, 0.6) is 0 Å². The maximum absolute atomic E-state index is 12.8. The molecule has 26 heavy (non-hydrogen) atoms. The SMILES string of the molecule is C=CC(=O)N1CC(N2Cc3ccc(-c4ccc(C#N)cc4)cc3C2=O)C1. The van der Waals surface area contributed by atoms with E-state index in [0.29, 0.717) is 25.2 Å². The molecule has 2 aliphatic heterocycles. The van der Waals surface area contributed by atoms with E-state index in [9.17, 15) is 9.59 Å². The summed E-state index contributed by atoms with van der Waals surface area (Å²) in [5.74, 6) is -0.0697. The number of hydrogen-bond acceptors (Lipinski definition) is 3. The third-order valence-corrected chi connectivity index (χ3v) is 5.08. The fourth-order valence-corrected chi connectivity index (χ4v) is 3.50. The molecule has 5 nitrogen and oxygen atoms in total. The van der Waals surface area contributed by atoms with Gasteiger partial charge in [0.15, 0.2) is 0 Å². The van der Waals surface area contributed by atoms with Gasteiger partial charge in [-0.3, -0.25) is 9.59 Å². The average molecular weight is 343 g/mol. The molecule has 4 rings (SSSR count). The average Bonchev–Trinajstić information content (AvgIpc) is 2.96. The Morgan fingerprint density at radius 3 is 2.50 bits per heavy atom. The smallest absolute Gasteiger partial charge is 0.254 e. The summed E-state index contributed by atoms with van der Waals surface area (Å²) >= 11 is 0. The van der Waals surface area contributed by atoms with Crippen molar-refractivity contribution in [3.05, 3.63) is 71.8 Å². The highest BCUT2D eigenvalue weighted by molar-refractivity contribution is 6.00. The van der Waals surface area contributed by atoms with Crippen LogP contribution in [0.2, 0.25) is 0 Å². The maximum Gasteiger partial charge on any atom is 0.254 e. The Kier molecular flexibility index (Phi) is 3.81. The van der Waals surface area contributed by atoms with Crippen molar-refractivity contribution < 1.29 is 9.59 Å². The van der Waals surface area contributed by atoms with Crippen LogP contribution in [0.15, 0.2) is 55.1 Å². The molecule has 1 fully saturated rings. The predicted molar refractivity (Wildman–Crippen MR) is 97.0 cm³/mol. The second kappa shape index (κ2) is 6.16.